The summed E-state index contributed by atoms with van der Waals surface area (Å²) in [4.78, 5) is 44.7. The number of hydrogen-bond acceptors (Lipinski definition) is 8. The summed E-state index contributed by atoms with van der Waals surface area (Å²) in [6.07, 6.45) is 0.682. The minimum absolute atomic E-state index is 0.153. The largest absolute Gasteiger partial charge is 0.465 e. The van der Waals surface area contributed by atoms with Gasteiger partial charge in [0.25, 0.3) is 0 Å². The van der Waals surface area contributed by atoms with Crippen LogP contribution in [0, 0.1) is 18.8 Å². The van der Waals surface area contributed by atoms with Crippen molar-refractivity contribution in [1.29, 1.82) is 0 Å². The van der Waals surface area contributed by atoms with Gasteiger partial charge in [0.05, 0.1) is 30.2 Å². The number of amides is 2. The zero-order chi connectivity index (χ0) is 27.5. The maximum absolute atomic E-state index is 14.1. The van der Waals surface area contributed by atoms with Crippen LogP contribution < -0.4 is 4.90 Å². The molecular weight excluding hydrogens is 500 g/mol. The summed E-state index contributed by atoms with van der Waals surface area (Å²) in [6, 6.07) is 15.2. The summed E-state index contributed by atoms with van der Waals surface area (Å²) in [6.45, 7) is 7.75. The fourth-order valence-corrected chi connectivity index (χ4v) is 6.22. The van der Waals surface area contributed by atoms with Crippen LogP contribution in [-0.4, -0.2) is 59.6 Å². The molecule has 9 nitrogen and oxygen atoms in total. The van der Waals surface area contributed by atoms with E-state index in [1.165, 1.54) is 4.90 Å². The third-order valence-corrected chi connectivity index (χ3v) is 7.78. The van der Waals surface area contributed by atoms with Gasteiger partial charge in [-0.05, 0) is 51.5 Å². The minimum Gasteiger partial charge on any atom is -0.465 e. The van der Waals surface area contributed by atoms with Gasteiger partial charge in [0.2, 0.25) is 18.1 Å². The monoisotopic (exact) mass is 532 g/mol. The van der Waals surface area contributed by atoms with Crippen molar-refractivity contribution in [2.45, 2.75) is 64.5 Å². The molecule has 9 heteroatoms. The molecule has 0 spiro atoms. The number of fused-ring (bicyclic) bond motifs is 2. The highest BCUT2D eigenvalue weighted by Gasteiger charge is 2.66. The summed E-state index contributed by atoms with van der Waals surface area (Å²) in [7, 11) is 0. The first kappa shape index (κ1) is 25.7. The lowest BCUT2D eigenvalue weighted by Gasteiger charge is -2.33. The van der Waals surface area contributed by atoms with Crippen molar-refractivity contribution >= 4 is 23.5 Å². The number of hydrogen-bond donors (Lipinski definition) is 0. The third-order valence-electron chi connectivity index (χ3n) is 7.78. The molecule has 0 N–H and O–H groups in total. The number of benzene rings is 2. The second-order valence-corrected chi connectivity index (χ2v) is 10.9. The number of nitrogens with zero attached hydrogens (tertiary/aromatic N) is 2. The molecule has 2 amide bonds. The summed E-state index contributed by atoms with van der Waals surface area (Å²) < 4.78 is 23.6. The number of carbonyl (C=O) groups is 3. The van der Waals surface area contributed by atoms with E-state index in [2.05, 4.69) is 0 Å². The molecule has 39 heavy (non-hydrogen) atoms. The molecule has 0 aliphatic carbocycles. The van der Waals surface area contributed by atoms with Crippen LogP contribution in [0.15, 0.2) is 66.4 Å². The number of anilines is 1. The molecule has 2 aromatic rings. The average Bonchev–Trinajstić information content (AvgIpc) is 3.57. The molecule has 0 bridgehead atoms. The van der Waals surface area contributed by atoms with Gasteiger partial charge in [0.1, 0.15) is 17.9 Å². The molecular formula is C30H32N2O7. The average molecular weight is 533 g/mol. The lowest BCUT2D eigenvalue weighted by molar-refractivity contribution is -0.184. The van der Waals surface area contributed by atoms with Crippen molar-refractivity contribution in [1.82, 2.24) is 4.90 Å². The van der Waals surface area contributed by atoms with Crippen molar-refractivity contribution in [2.75, 3.05) is 11.5 Å². The Morgan fingerprint density at radius 2 is 1.67 bits per heavy atom. The van der Waals surface area contributed by atoms with Gasteiger partial charge in [-0.3, -0.25) is 19.3 Å². The van der Waals surface area contributed by atoms with E-state index >= 15 is 0 Å². The molecule has 2 aromatic carbocycles. The van der Waals surface area contributed by atoms with Crippen LogP contribution in [0.5, 0.6) is 0 Å². The number of likely N-dealkylation sites (tertiary alicyclic amines) is 1. The molecule has 204 valence electrons. The normalized spacial score (nSPS) is 31.2. The molecule has 4 aliphatic heterocycles. The topological polar surface area (TPSA) is 94.6 Å². The maximum atomic E-state index is 14.1. The van der Waals surface area contributed by atoms with Gasteiger partial charge in [-0.25, -0.2) is 4.90 Å². The number of esters is 1. The van der Waals surface area contributed by atoms with E-state index in [1.54, 1.807) is 19.1 Å². The first-order valence-corrected chi connectivity index (χ1v) is 13.3. The van der Waals surface area contributed by atoms with Crippen LogP contribution in [0.25, 0.3) is 0 Å². The summed E-state index contributed by atoms with van der Waals surface area (Å²) in [5.41, 5.74) is 2.42. The lowest BCUT2D eigenvalue weighted by Crippen LogP contribution is -2.49. The first-order chi connectivity index (χ1) is 18.7. The number of ether oxygens (including phenoxy) is 4. The van der Waals surface area contributed by atoms with Crippen LogP contribution >= 0.6 is 0 Å². The zero-order valence-electron chi connectivity index (χ0n) is 22.4. The number of aryl methyl sites for hydroxylation is 1. The van der Waals surface area contributed by atoms with E-state index in [0.29, 0.717) is 18.0 Å². The van der Waals surface area contributed by atoms with E-state index in [4.69, 9.17) is 18.9 Å². The number of imide groups is 1. The molecule has 0 radical (unpaired) electrons. The summed E-state index contributed by atoms with van der Waals surface area (Å²) in [5.74, 6) is -3.46. The van der Waals surface area contributed by atoms with Crippen molar-refractivity contribution < 1.29 is 33.3 Å². The van der Waals surface area contributed by atoms with Crippen LogP contribution in [0.3, 0.4) is 0 Å². The van der Waals surface area contributed by atoms with Crippen LogP contribution in [0.4, 0.5) is 5.69 Å². The predicted octanol–water partition coefficient (Wildman–Crippen LogP) is 3.31. The van der Waals surface area contributed by atoms with Crippen molar-refractivity contribution in [2.24, 2.45) is 11.8 Å². The molecule has 3 saturated heterocycles. The molecule has 0 saturated carbocycles. The molecule has 0 unspecified atom stereocenters. The van der Waals surface area contributed by atoms with Gasteiger partial charge in [-0.1, -0.05) is 48.0 Å². The van der Waals surface area contributed by atoms with E-state index < -0.39 is 54.0 Å². The van der Waals surface area contributed by atoms with Crippen molar-refractivity contribution in [3.8, 4) is 0 Å². The van der Waals surface area contributed by atoms with Gasteiger partial charge in [-0.2, -0.15) is 0 Å². The predicted molar refractivity (Wildman–Crippen MR) is 140 cm³/mol. The van der Waals surface area contributed by atoms with Crippen molar-refractivity contribution in [3.05, 3.63) is 77.6 Å². The smallest absolute Gasteiger partial charge is 0.324 e. The number of rotatable bonds is 6. The van der Waals surface area contributed by atoms with E-state index in [1.807, 2.05) is 74.2 Å². The van der Waals surface area contributed by atoms with Gasteiger partial charge in [0.15, 0.2) is 5.79 Å². The highest BCUT2D eigenvalue weighted by atomic mass is 16.8. The van der Waals surface area contributed by atoms with Crippen molar-refractivity contribution in [3.63, 3.8) is 0 Å². The van der Waals surface area contributed by atoms with Gasteiger partial charge in [-0.15, -0.1) is 0 Å². The van der Waals surface area contributed by atoms with Crippen LogP contribution in [0.1, 0.15) is 31.9 Å². The Morgan fingerprint density at radius 3 is 2.33 bits per heavy atom. The van der Waals surface area contributed by atoms with Crippen LogP contribution in [-0.2, 0) is 39.9 Å². The second kappa shape index (κ2) is 9.59. The van der Waals surface area contributed by atoms with Gasteiger partial charge >= 0.3 is 5.97 Å². The van der Waals surface area contributed by atoms with E-state index in [0.717, 1.165) is 11.1 Å². The second-order valence-electron chi connectivity index (χ2n) is 10.9. The fourth-order valence-electron chi connectivity index (χ4n) is 6.22. The third kappa shape index (κ3) is 4.34. The molecule has 6 atom stereocenters. The Bertz CT molecular complexity index is 1320. The Kier molecular flexibility index (Phi) is 6.32. The van der Waals surface area contributed by atoms with Crippen LogP contribution in [0.2, 0.25) is 0 Å². The molecule has 4 heterocycles. The van der Waals surface area contributed by atoms with E-state index in [9.17, 15) is 14.4 Å². The summed E-state index contributed by atoms with van der Waals surface area (Å²) in [5, 5.41) is 0. The Hall–Kier alpha value is -3.53. The Balaban J connectivity index is 1.44. The number of carbonyl (C=O) groups excluding carboxylic acids is 3. The highest BCUT2D eigenvalue weighted by Crippen LogP contribution is 2.49. The maximum Gasteiger partial charge on any atom is 0.324 e. The first-order valence-electron chi connectivity index (χ1n) is 13.3. The highest BCUT2D eigenvalue weighted by molar-refractivity contribution is 6.23. The Morgan fingerprint density at radius 1 is 0.974 bits per heavy atom. The molecule has 3 fully saturated rings. The quantitative estimate of drug-likeness (QED) is 0.413. The lowest BCUT2D eigenvalue weighted by atomic mass is 9.88. The Labute approximate surface area is 227 Å². The molecule has 0 aromatic heterocycles. The summed E-state index contributed by atoms with van der Waals surface area (Å²) >= 11 is 0. The zero-order valence-corrected chi connectivity index (χ0v) is 22.4. The van der Waals surface area contributed by atoms with Gasteiger partial charge in [0, 0.05) is 6.54 Å². The van der Waals surface area contributed by atoms with E-state index in [-0.39, 0.29) is 12.5 Å². The SMILES string of the molecule is CCOC(=O)[C@@H]1[C@H]2C(=O)N(c3ccc(C)cc3)C(=O)[C@H]2[C@@H](C2=C[C@H]3OC(C)(C)O[C@H]3O2)N1Cc1ccccc1. The molecule has 4 aliphatic rings. The fraction of sp³-hybridized carbons (Fsp3) is 0.433. The minimum atomic E-state index is -0.977. The van der Waals surface area contributed by atoms with Gasteiger partial charge < -0.3 is 18.9 Å². The standard InChI is InChI=1S/C30H32N2O7/c1-5-36-28(35)25-23-22(26(33)32(27(23)34)19-13-11-17(2)12-14-19)24(31(25)16-18-9-7-6-8-10-18)20-15-21-29(37-20)39-30(3,4)38-21/h6-15,21-25,29H,5,16H2,1-4H3/t21-,22-,23+,24-,25+,29-/m1/s1. The molecule has 6 rings (SSSR count).